The summed E-state index contributed by atoms with van der Waals surface area (Å²) >= 11 is 1.71. The van der Waals surface area contributed by atoms with Crippen molar-refractivity contribution < 1.29 is 4.79 Å². The predicted molar refractivity (Wildman–Crippen MR) is 116 cm³/mol. The molecule has 5 rings (SSSR count). The number of aryl methyl sites for hydroxylation is 1. The van der Waals surface area contributed by atoms with Crippen LogP contribution < -0.4 is 0 Å². The van der Waals surface area contributed by atoms with Gasteiger partial charge in [0.1, 0.15) is 5.01 Å². The van der Waals surface area contributed by atoms with Crippen LogP contribution in [0.2, 0.25) is 0 Å². The highest BCUT2D eigenvalue weighted by Crippen LogP contribution is 2.36. The van der Waals surface area contributed by atoms with Crippen LogP contribution in [0.15, 0.2) is 60.8 Å². The summed E-state index contributed by atoms with van der Waals surface area (Å²) in [5, 5.41) is 5.38. The molecule has 0 bridgehead atoms. The molecule has 6 heteroatoms. The molecule has 1 fully saturated rings. The molecule has 0 spiro atoms. The molecule has 1 saturated heterocycles. The summed E-state index contributed by atoms with van der Waals surface area (Å²) in [5.74, 6) is 0.0812. The van der Waals surface area contributed by atoms with Crippen LogP contribution in [-0.2, 0) is 0 Å². The maximum Gasteiger partial charge on any atom is 0.254 e. The van der Waals surface area contributed by atoms with Gasteiger partial charge in [-0.2, -0.15) is 5.10 Å². The zero-order valence-electron chi connectivity index (χ0n) is 16.3. The molecule has 0 N–H and O–H groups in total. The van der Waals surface area contributed by atoms with Crippen molar-refractivity contribution in [3.63, 3.8) is 0 Å². The standard InChI is InChI=1S/C23H22N4OS/c1-16-13-14-24-27(16)18-11-9-17(10-12-18)23(28)26-15-5-4-7-20(26)22-25-19-6-2-3-8-21(19)29-22/h2-3,6,8-14,20H,4-5,7,15H2,1H3. The molecule has 0 radical (unpaired) electrons. The normalized spacial score (nSPS) is 17.0. The van der Waals surface area contributed by atoms with Crippen molar-refractivity contribution in [2.75, 3.05) is 6.54 Å². The third-order valence-corrected chi connectivity index (χ3v) is 6.69. The second-order valence-electron chi connectivity index (χ2n) is 7.46. The topological polar surface area (TPSA) is 51.0 Å². The van der Waals surface area contributed by atoms with Crippen LogP contribution in [0.3, 0.4) is 0 Å². The summed E-state index contributed by atoms with van der Waals surface area (Å²) < 4.78 is 3.05. The molecule has 1 aliphatic heterocycles. The molecule has 1 atom stereocenters. The number of hydrogen-bond donors (Lipinski definition) is 0. The predicted octanol–water partition coefficient (Wildman–Crippen LogP) is 5.16. The zero-order valence-corrected chi connectivity index (χ0v) is 17.1. The minimum absolute atomic E-state index is 0.0571. The molecule has 2 aromatic heterocycles. The second kappa shape index (κ2) is 7.44. The summed E-state index contributed by atoms with van der Waals surface area (Å²) in [5.41, 5.74) is 3.76. The van der Waals surface area contributed by atoms with Gasteiger partial charge in [-0.05, 0) is 68.7 Å². The van der Waals surface area contributed by atoms with E-state index in [1.165, 1.54) is 4.70 Å². The van der Waals surface area contributed by atoms with Gasteiger partial charge in [0.15, 0.2) is 0 Å². The third-order valence-electron chi connectivity index (χ3n) is 5.55. The van der Waals surface area contributed by atoms with E-state index >= 15 is 0 Å². The molecule has 4 aromatic rings. The molecule has 1 unspecified atom stereocenters. The van der Waals surface area contributed by atoms with Gasteiger partial charge in [0.05, 0.1) is 21.9 Å². The van der Waals surface area contributed by atoms with Crippen molar-refractivity contribution in [2.24, 2.45) is 0 Å². The zero-order chi connectivity index (χ0) is 19.8. The van der Waals surface area contributed by atoms with E-state index in [-0.39, 0.29) is 11.9 Å². The first-order chi connectivity index (χ1) is 14.2. The second-order valence-corrected chi connectivity index (χ2v) is 8.52. The Kier molecular flexibility index (Phi) is 4.64. The highest BCUT2D eigenvalue weighted by atomic mass is 32.1. The lowest BCUT2D eigenvalue weighted by atomic mass is 10.0. The molecule has 29 heavy (non-hydrogen) atoms. The Labute approximate surface area is 173 Å². The number of likely N-dealkylation sites (tertiary alicyclic amines) is 1. The van der Waals surface area contributed by atoms with Crippen molar-refractivity contribution in [3.8, 4) is 5.69 Å². The van der Waals surface area contributed by atoms with Gasteiger partial charge in [0.25, 0.3) is 5.91 Å². The Balaban J connectivity index is 1.43. The number of nitrogens with zero attached hydrogens (tertiary/aromatic N) is 4. The fraction of sp³-hybridized carbons (Fsp3) is 0.261. The lowest BCUT2D eigenvalue weighted by molar-refractivity contribution is 0.0611. The molecule has 146 valence electrons. The molecule has 1 aliphatic rings. The molecule has 2 aromatic carbocycles. The van der Waals surface area contributed by atoms with Gasteiger partial charge in [-0.15, -0.1) is 11.3 Å². The minimum atomic E-state index is 0.0571. The number of carbonyl (C=O) groups is 1. The monoisotopic (exact) mass is 402 g/mol. The Morgan fingerprint density at radius 1 is 1.07 bits per heavy atom. The van der Waals surface area contributed by atoms with Crippen molar-refractivity contribution in [3.05, 3.63) is 77.1 Å². The van der Waals surface area contributed by atoms with Crippen LogP contribution in [0.5, 0.6) is 0 Å². The van der Waals surface area contributed by atoms with E-state index in [0.29, 0.717) is 5.56 Å². The van der Waals surface area contributed by atoms with Crippen molar-refractivity contribution in [1.29, 1.82) is 0 Å². The smallest absolute Gasteiger partial charge is 0.254 e. The van der Waals surface area contributed by atoms with Crippen LogP contribution >= 0.6 is 11.3 Å². The van der Waals surface area contributed by atoms with Crippen molar-refractivity contribution >= 4 is 27.5 Å². The van der Waals surface area contributed by atoms with Gasteiger partial charge < -0.3 is 4.90 Å². The van der Waals surface area contributed by atoms with Crippen LogP contribution in [-0.4, -0.2) is 32.1 Å². The number of hydrogen-bond acceptors (Lipinski definition) is 4. The maximum atomic E-state index is 13.3. The van der Waals surface area contributed by atoms with Crippen LogP contribution in [0, 0.1) is 6.92 Å². The average molecular weight is 403 g/mol. The van der Waals surface area contributed by atoms with Gasteiger partial charge in [0, 0.05) is 24.0 Å². The number of benzene rings is 2. The van der Waals surface area contributed by atoms with E-state index in [9.17, 15) is 4.79 Å². The van der Waals surface area contributed by atoms with E-state index in [4.69, 9.17) is 4.98 Å². The first-order valence-corrected chi connectivity index (χ1v) is 10.8. The van der Waals surface area contributed by atoms with Crippen LogP contribution in [0.25, 0.3) is 15.9 Å². The number of aromatic nitrogens is 3. The van der Waals surface area contributed by atoms with Gasteiger partial charge >= 0.3 is 0 Å². The van der Waals surface area contributed by atoms with E-state index in [0.717, 1.165) is 47.7 Å². The Hall–Kier alpha value is -2.99. The number of para-hydroxylation sites is 1. The Morgan fingerprint density at radius 3 is 2.66 bits per heavy atom. The molecule has 1 amide bonds. The highest BCUT2D eigenvalue weighted by molar-refractivity contribution is 7.18. The largest absolute Gasteiger partial charge is 0.329 e. The number of piperidine rings is 1. The number of carbonyl (C=O) groups excluding carboxylic acids is 1. The number of fused-ring (bicyclic) bond motifs is 1. The number of rotatable bonds is 3. The highest BCUT2D eigenvalue weighted by Gasteiger charge is 2.31. The quantitative estimate of drug-likeness (QED) is 0.476. The first-order valence-electron chi connectivity index (χ1n) is 9.98. The summed E-state index contributed by atoms with van der Waals surface area (Å²) in [4.78, 5) is 20.2. The maximum absolute atomic E-state index is 13.3. The SMILES string of the molecule is Cc1ccnn1-c1ccc(C(=O)N2CCCCC2c2nc3ccccc3s2)cc1. The lowest BCUT2D eigenvalue weighted by Gasteiger charge is -2.34. The van der Waals surface area contributed by atoms with Gasteiger partial charge in [-0.3, -0.25) is 4.79 Å². The van der Waals surface area contributed by atoms with Crippen molar-refractivity contribution in [1.82, 2.24) is 19.7 Å². The van der Waals surface area contributed by atoms with Crippen molar-refractivity contribution in [2.45, 2.75) is 32.2 Å². The molecule has 3 heterocycles. The molecule has 0 aliphatic carbocycles. The van der Waals surface area contributed by atoms with E-state index in [1.54, 1.807) is 17.5 Å². The fourth-order valence-electron chi connectivity index (χ4n) is 4.01. The van der Waals surface area contributed by atoms with E-state index in [2.05, 4.69) is 11.2 Å². The third kappa shape index (κ3) is 3.34. The average Bonchev–Trinajstić information content (AvgIpc) is 3.39. The summed E-state index contributed by atoms with van der Waals surface area (Å²) in [7, 11) is 0. The minimum Gasteiger partial charge on any atom is -0.329 e. The van der Waals surface area contributed by atoms with E-state index < -0.39 is 0 Å². The number of amides is 1. The van der Waals surface area contributed by atoms with Crippen LogP contribution in [0.4, 0.5) is 0 Å². The summed E-state index contributed by atoms with van der Waals surface area (Å²) in [6.45, 7) is 2.79. The fourth-order valence-corrected chi connectivity index (χ4v) is 5.13. The summed E-state index contributed by atoms with van der Waals surface area (Å²) in [6.07, 6.45) is 4.92. The summed E-state index contributed by atoms with van der Waals surface area (Å²) in [6, 6.07) is 18.0. The molecule has 0 saturated carbocycles. The molecule has 5 nitrogen and oxygen atoms in total. The Morgan fingerprint density at radius 2 is 1.90 bits per heavy atom. The van der Waals surface area contributed by atoms with Gasteiger partial charge in [0.2, 0.25) is 0 Å². The van der Waals surface area contributed by atoms with Crippen LogP contribution in [0.1, 0.15) is 46.4 Å². The van der Waals surface area contributed by atoms with Gasteiger partial charge in [-0.1, -0.05) is 12.1 Å². The van der Waals surface area contributed by atoms with Gasteiger partial charge in [-0.25, -0.2) is 9.67 Å². The first kappa shape index (κ1) is 18.1. The number of thiazole rings is 1. The molecular weight excluding hydrogens is 380 g/mol. The molecular formula is C23H22N4OS. The van der Waals surface area contributed by atoms with E-state index in [1.807, 2.05) is 65.0 Å². The Bertz CT molecular complexity index is 1130. The lowest BCUT2D eigenvalue weighted by Crippen LogP contribution is -2.38.